The van der Waals surface area contributed by atoms with Crippen molar-refractivity contribution in [2.45, 2.75) is 6.04 Å². The number of nitrogens with one attached hydrogen (secondary N) is 1. The van der Waals surface area contributed by atoms with Crippen LogP contribution in [0, 0.1) is 0 Å². The van der Waals surface area contributed by atoms with Crippen molar-refractivity contribution in [2.75, 3.05) is 26.3 Å². The van der Waals surface area contributed by atoms with Gasteiger partial charge in [0, 0.05) is 25.5 Å². The Labute approximate surface area is 88.2 Å². The first-order chi connectivity index (χ1) is 7.33. The number of ether oxygens (including phenoxy) is 1. The van der Waals surface area contributed by atoms with Crippen molar-refractivity contribution in [3.05, 3.63) is 24.0 Å². The minimum Gasteiger partial charge on any atom is -0.377 e. The SMILES string of the molecule is NCC1COCCN1C(=O)c1cc[nH]c1. The zero-order valence-corrected chi connectivity index (χ0v) is 8.48. The van der Waals surface area contributed by atoms with E-state index in [1.165, 1.54) is 0 Å². The normalized spacial score (nSPS) is 21.7. The largest absolute Gasteiger partial charge is 0.377 e. The van der Waals surface area contributed by atoms with Crippen LogP contribution in [0.4, 0.5) is 0 Å². The average Bonchev–Trinajstić information content (AvgIpc) is 2.81. The quantitative estimate of drug-likeness (QED) is 0.709. The molecule has 0 aromatic carbocycles. The summed E-state index contributed by atoms with van der Waals surface area (Å²) < 4.78 is 5.29. The number of morpholine rings is 1. The lowest BCUT2D eigenvalue weighted by molar-refractivity contribution is 0.000851. The van der Waals surface area contributed by atoms with Gasteiger partial charge in [-0.2, -0.15) is 0 Å². The summed E-state index contributed by atoms with van der Waals surface area (Å²) in [6.45, 7) is 2.18. The van der Waals surface area contributed by atoms with Crippen LogP contribution in [-0.4, -0.2) is 48.1 Å². The van der Waals surface area contributed by atoms with Gasteiger partial charge in [-0.1, -0.05) is 0 Å². The third-order valence-electron chi connectivity index (χ3n) is 2.61. The predicted molar refractivity (Wildman–Crippen MR) is 55.5 cm³/mol. The van der Waals surface area contributed by atoms with Crippen LogP contribution in [0.25, 0.3) is 0 Å². The first-order valence-electron chi connectivity index (χ1n) is 5.04. The second kappa shape index (κ2) is 4.46. The first kappa shape index (κ1) is 10.2. The number of hydrogen-bond donors (Lipinski definition) is 2. The molecule has 15 heavy (non-hydrogen) atoms. The van der Waals surface area contributed by atoms with E-state index in [4.69, 9.17) is 10.5 Å². The highest BCUT2D eigenvalue weighted by atomic mass is 16.5. The van der Waals surface area contributed by atoms with Crippen molar-refractivity contribution < 1.29 is 9.53 Å². The van der Waals surface area contributed by atoms with E-state index < -0.39 is 0 Å². The number of aromatic amines is 1. The first-order valence-corrected chi connectivity index (χ1v) is 5.04. The van der Waals surface area contributed by atoms with Gasteiger partial charge in [-0.05, 0) is 6.07 Å². The maximum Gasteiger partial charge on any atom is 0.255 e. The van der Waals surface area contributed by atoms with Crippen LogP contribution in [0.3, 0.4) is 0 Å². The van der Waals surface area contributed by atoms with E-state index >= 15 is 0 Å². The van der Waals surface area contributed by atoms with Gasteiger partial charge in [0.05, 0.1) is 24.8 Å². The molecule has 0 aliphatic carbocycles. The van der Waals surface area contributed by atoms with E-state index in [9.17, 15) is 4.79 Å². The maximum absolute atomic E-state index is 12.0. The summed E-state index contributed by atoms with van der Waals surface area (Å²) in [7, 11) is 0. The molecule has 1 unspecified atom stereocenters. The molecular formula is C10H15N3O2. The van der Waals surface area contributed by atoms with E-state index in [0.29, 0.717) is 31.9 Å². The Kier molecular flexibility index (Phi) is 3.03. The molecule has 2 heterocycles. The summed E-state index contributed by atoms with van der Waals surface area (Å²) in [6.07, 6.45) is 3.44. The Morgan fingerprint density at radius 3 is 3.27 bits per heavy atom. The molecule has 0 saturated carbocycles. The summed E-state index contributed by atoms with van der Waals surface area (Å²) in [5.74, 6) is 0.0231. The minimum absolute atomic E-state index is 0.00106. The lowest BCUT2D eigenvalue weighted by Crippen LogP contribution is -2.51. The van der Waals surface area contributed by atoms with Gasteiger partial charge in [0.2, 0.25) is 0 Å². The number of H-pyrrole nitrogens is 1. The van der Waals surface area contributed by atoms with Crippen molar-refractivity contribution in [3.63, 3.8) is 0 Å². The number of rotatable bonds is 2. The fourth-order valence-electron chi connectivity index (χ4n) is 1.74. The summed E-state index contributed by atoms with van der Waals surface area (Å²) in [5.41, 5.74) is 6.28. The van der Waals surface area contributed by atoms with Crippen molar-refractivity contribution >= 4 is 5.91 Å². The molecular weight excluding hydrogens is 194 g/mol. The highest BCUT2D eigenvalue weighted by Crippen LogP contribution is 2.11. The average molecular weight is 209 g/mol. The molecule has 1 aromatic rings. The number of nitrogens with two attached hydrogens (primary N) is 1. The Morgan fingerprint density at radius 2 is 2.60 bits per heavy atom. The van der Waals surface area contributed by atoms with E-state index in [2.05, 4.69) is 4.98 Å². The van der Waals surface area contributed by atoms with Crippen LogP contribution >= 0.6 is 0 Å². The highest BCUT2D eigenvalue weighted by Gasteiger charge is 2.26. The molecule has 5 heteroatoms. The fourth-order valence-corrected chi connectivity index (χ4v) is 1.74. The molecule has 0 spiro atoms. The predicted octanol–water partition coefficient (Wildman–Crippen LogP) is -0.186. The summed E-state index contributed by atoms with van der Waals surface area (Å²) >= 11 is 0. The molecule has 1 atom stereocenters. The molecule has 2 rings (SSSR count). The van der Waals surface area contributed by atoms with Gasteiger partial charge >= 0.3 is 0 Å². The van der Waals surface area contributed by atoms with Gasteiger partial charge in [-0.25, -0.2) is 0 Å². The summed E-state index contributed by atoms with van der Waals surface area (Å²) in [6, 6.07) is 1.77. The van der Waals surface area contributed by atoms with Gasteiger partial charge in [0.25, 0.3) is 5.91 Å². The molecule has 5 nitrogen and oxygen atoms in total. The standard InChI is InChI=1S/C10H15N3O2/c11-5-9-7-15-4-3-13(9)10(14)8-1-2-12-6-8/h1-2,6,9,12H,3-5,7,11H2. The molecule has 1 saturated heterocycles. The molecule has 1 aliphatic rings. The van der Waals surface area contributed by atoms with E-state index in [1.54, 1.807) is 23.4 Å². The maximum atomic E-state index is 12.0. The lowest BCUT2D eigenvalue weighted by atomic mass is 10.2. The lowest BCUT2D eigenvalue weighted by Gasteiger charge is -2.34. The molecule has 1 fully saturated rings. The van der Waals surface area contributed by atoms with Crippen LogP contribution in [-0.2, 0) is 4.74 Å². The Morgan fingerprint density at radius 1 is 1.73 bits per heavy atom. The molecule has 0 radical (unpaired) electrons. The number of aromatic nitrogens is 1. The van der Waals surface area contributed by atoms with Crippen LogP contribution in [0.15, 0.2) is 18.5 Å². The number of amides is 1. The Balaban J connectivity index is 2.11. The molecule has 1 aromatic heterocycles. The Hall–Kier alpha value is -1.33. The third kappa shape index (κ3) is 2.03. The second-order valence-corrected chi connectivity index (χ2v) is 3.56. The van der Waals surface area contributed by atoms with Gasteiger partial charge < -0.3 is 20.4 Å². The van der Waals surface area contributed by atoms with Gasteiger partial charge in [0.1, 0.15) is 0 Å². The molecule has 1 aliphatic heterocycles. The Bertz CT molecular complexity index is 323. The van der Waals surface area contributed by atoms with Crippen LogP contribution in [0.1, 0.15) is 10.4 Å². The summed E-state index contributed by atoms with van der Waals surface area (Å²) in [5, 5.41) is 0. The van der Waals surface area contributed by atoms with Gasteiger partial charge in [-0.3, -0.25) is 4.79 Å². The molecule has 82 valence electrons. The number of carbonyl (C=O) groups excluding carboxylic acids is 1. The molecule has 3 N–H and O–H groups in total. The molecule has 1 amide bonds. The van der Waals surface area contributed by atoms with E-state index in [1.807, 2.05) is 0 Å². The van der Waals surface area contributed by atoms with Crippen molar-refractivity contribution in [1.29, 1.82) is 0 Å². The van der Waals surface area contributed by atoms with E-state index in [-0.39, 0.29) is 11.9 Å². The minimum atomic E-state index is 0.00106. The van der Waals surface area contributed by atoms with Crippen LogP contribution in [0.2, 0.25) is 0 Å². The van der Waals surface area contributed by atoms with Crippen LogP contribution < -0.4 is 5.73 Å². The number of carbonyl (C=O) groups is 1. The zero-order chi connectivity index (χ0) is 10.7. The second-order valence-electron chi connectivity index (χ2n) is 3.56. The zero-order valence-electron chi connectivity index (χ0n) is 8.48. The monoisotopic (exact) mass is 209 g/mol. The number of nitrogens with zero attached hydrogens (tertiary/aromatic N) is 1. The fraction of sp³-hybridized carbons (Fsp3) is 0.500. The van der Waals surface area contributed by atoms with Crippen molar-refractivity contribution in [1.82, 2.24) is 9.88 Å². The van der Waals surface area contributed by atoms with Crippen molar-refractivity contribution in [3.8, 4) is 0 Å². The van der Waals surface area contributed by atoms with E-state index in [0.717, 1.165) is 0 Å². The highest BCUT2D eigenvalue weighted by molar-refractivity contribution is 5.94. The number of hydrogen-bond acceptors (Lipinski definition) is 3. The van der Waals surface area contributed by atoms with Gasteiger partial charge in [-0.15, -0.1) is 0 Å². The summed E-state index contributed by atoms with van der Waals surface area (Å²) in [4.78, 5) is 16.7. The van der Waals surface area contributed by atoms with Gasteiger partial charge in [0.15, 0.2) is 0 Å². The molecule has 0 bridgehead atoms. The smallest absolute Gasteiger partial charge is 0.255 e. The van der Waals surface area contributed by atoms with Crippen LogP contribution in [0.5, 0.6) is 0 Å². The van der Waals surface area contributed by atoms with Crippen molar-refractivity contribution in [2.24, 2.45) is 5.73 Å². The third-order valence-corrected chi connectivity index (χ3v) is 2.61. The topological polar surface area (TPSA) is 71.3 Å².